The summed E-state index contributed by atoms with van der Waals surface area (Å²) in [6.45, 7) is 0. The zero-order valence-electron chi connectivity index (χ0n) is 8.98. The summed E-state index contributed by atoms with van der Waals surface area (Å²) in [6.07, 6.45) is 5.45. The number of ketones is 1. The number of rotatable bonds is 1. The zero-order valence-corrected chi connectivity index (χ0v) is 8.98. The molecule has 0 bridgehead atoms. The maximum atomic E-state index is 11.7. The molecule has 2 heteroatoms. The number of carbonyl (C=O) groups is 1. The van der Waals surface area contributed by atoms with Gasteiger partial charge in [0.25, 0.3) is 0 Å². The molecule has 1 radical (unpaired) electrons. The summed E-state index contributed by atoms with van der Waals surface area (Å²) in [7, 11) is 0. The summed E-state index contributed by atoms with van der Waals surface area (Å²) >= 11 is 0. The molecule has 0 N–H and O–H groups in total. The van der Waals surface area contributed by atoms with Gasteiger partial charge in [0.2, 0.25) is 0 Å². The fourth-order valence-corrected chi connectivity index (χ4v) is 2.31. The molecule has 1 aromatic carbocycles. The van der Waals surface area contributed by atoms with Crippen LogP contribution in [0.1, 0.15) is 24.8 Å². The number of benzene rings is 1. The summed E-state index contributed by atoms with van der Waals surface area (Å²) in [4.78, 5) is 11.7. The normalized spacial score (nSPS) is 24.9. The van der Waals surface area contributed by atoms with Crippen molar-refractivity contribution in [3.8, 4) is 0 Å². The first-order valence-corrected chi connectivity index (χ1v) is 5.68. The topological polar surface area (TPSA) is 26.3 Å². The lowest BCUT2D eigenvalue weighted by atomic mass is 9.86. The van der Waals surface area contributed by atoms with Crippen LogP contribution >= 0.6 is 0 Å². The van der Waals surface area contributed by atoms with E-state index < -0.39 is 0 Å². The van der Waals surface area contributed by atoms with Crippen molar-refractivity contribution in [3.63, 3.8) is 0 Å². The molecule has 0 saturated heterocycles. The molecule has 2 nitrogen and oxygen atoms in total. The Morgan fingerprint density at radius 2 is 1.94 bits per heavy atom. The lowest BCUT2D eigenvalue weighted by molar-refractivity contribution is -0.123. The summed E-state index contributed by atoms with van der Waals surface area (Å²) in [5.41, 5.74) is 1.05. The van der Waals surface area contributed by atoms with Crippen molar-refractivity contribution in [1.82, 2.24) is 0 Å². The number of Topliss-reactive ketones (excluding diaryl/α,β-unsaturated/α-hetero) is 1. The molecule has 0 spiro atoms. The van der Waals surface area contributed by atoms with Gasteiger partial charge in [-0.1, -0.05) is 30.3 Å². The van der Waals surface area contributed by atoms with Crippen LogP contribution < -0.4 is 0 Å². The molecule has 3 rings (SSSR count). The third-order valence-corrected chi connectivity index (χ3v) is 3.16. The maximum Gasteiger partial charge on any atom is 0.163 e. The number of carbonyl (C=O) groups excluding carboxylic acids is 1. The average molecular weight is 213 g/mol. The largest absolute Gasteiger partial charge is 0.482 e. The molecule has 1 atom stereocenters. The maximum absolute atomic E-state index is 11.7. The second-order valence-corrected chi connectivity index (χ2v) is 4.26. The minimum atomic E-state index is -0.0797. The van der Waals surface area contributed by atoms with Crippen molar-refractivity contribution in [1.29, 1.82) is 0 Å². The van der Waals surface area contributed by atoms with Crippen LogP contribution in [0.2, 0.25) is 0 Å². The molecule has 1 aliphatic carbocycles. The molecule has 81 valence electrons. The Morgan fingerprint density at radius 3 is 2.69 bits per heavy atom. The van der Waals surface area contributed by atoms with Crippen molar-refractivity contribution in [2.45, 2.75) is 19.3 Å². The van der Waals surface area contributed by atoms with Gasteiger partial charge >= 0.3 is 0 Å². The molecule has 2 aliphatic rings. The van der Waals surface area contributed by atoms with E-state index in [9.17, 15) is 4.79 Å². The highest BCUT2D eigenvalue weighted by Crippen LogP contribution is 2.41. The van der Waals surface area contributed by atoms with E-state index in [2.05, 4.69) is 0 Å². The lowest BCUT2D eigenvalue weighted by Crippen LogP contribution is -2.22. The van der Waals surface area contributed by atoms with E-state index >= 15 is 0 Å². The van der Waals surface area contributed by atoms with Gasteiger partial charge in [0.15, 0.2) is 6.10 Å². The molecule has 1 aromatic rings. The van der Waals surface area contributed by atoms with Crippen LogP contribution in [0.5, 0.6) is 0 Å². The Hall–Kier alpha value is -1.57. The number of fused-ring (bicyclic) bond motifs is 1. The first kappa shape index (κ1) is 9.64. The Labute approximate surface area is 94.9 Å². The molecule has 1 heterocycles. The van der Waals surface area contributed by atoms with E-state index in [1.807, 2.05) is 36.4 Å². The van der Waals surface area contributed by atoms with Gasteiger partial charge in [-0.2, -0.15) is 0 Å². The summed E-state index contributed by atoms with van der Waals surface area (Å²) in [6, 6.07) is 9.95. The second-order valence-electron chi connectivity index (χ2n) is 4.26. The Balaban J connectivity index is 1.89. The fraction of sp³-hybridized carbons (Fsp3) is 0.286. The van der Waals surface area contributed by atoms with Crippen LogP contribution in [-0.2, 0) is 9.53 Å². The molecule has 1 aliphatic heterocycles. The quantitative estimate of drug-likeness (QED) is 0.717. The van der Waals surface area contributed by atoms with Crippen LogP contribution in [0.25, 0.3) is 5.76 Å². The van der Waals surface area contributed by atoms with Crippen LogP contribution in [0, 0.1) is 12.0 Å². The minimum absolute atomic E-state index is 0.0797. The van der Waals surface area contributed by atoms with Crippen molar-refractivity contribution < 1.29 is 9.53 Å². The highest BCUT2D eigenvalue weighted by Gasteiger charge is 2.38. The second kappa shape index (κ2) is 3.78. The minimum Gasteiger partial charge on any atom is -0.482 e. The van der Waals surface area contributed by atoms with E-state index in [1.54, 1.807) is 0 Å². The van der Waals surface area contributed by atoms with Gasteiger partial charge in [-0.25, -0.2) is 0 Å². The number of ether oxygens (including phenoxy) is 1. The highest BCUT2D eigenvalue weighted by molar-refractivity contribution is 5.88. The predicted octanol–water partition coefficient (Wildman–Crippen LogP) is 2.96. The number of hydrogen-bond acceptors (Lipinski definition) is 2. The van der Waals surface area contributed by atoms with Crippen molar-refractivity contribution in [3.05, 3.63) is 48.1 Å². The van der Waals surface area contributed by atoms with E-state index in [0.29, 0.717) is 12.2 Å². The smallest absolute Gasteiger partial charge is 0.163 e. The van der Waals surface area contributed by atoms with Gasteiger partial charge in [0.05, 0.1) is 5.92 Å². The standard InChI is InChI=1S/C14H13O2/c15-12-7-4-8-13-11(12)9-14(16-13)10-5-2-1-3-6-10/h1-3,5-6,9,11H,4,7-8H2/t11-/m1/s1. The molecule has 0 amide bonds. The monoisotopic (exact) mass is 213 g/mol. The van der Waals surface area contributed by atoms with Crippen LogP contribution in [0.4, 0.5) is 0 Å². The first-order chi connectivity index (χ1) is 7.84. The first-order valence-electron chi connectivity index (χ1n) is 5.68. The Morgan fingerprint density at radius 1 is 1.12 bits per heavy atom. The van der Waals surface area contributed by atoms with E-state index in [4.69, 9.17) is 4.74 Å². The zero-order chi connectivity index (χ0) is 11.0. The van der Waals surface area contributed by atoms with Crippen molar-refractivity contribution >= 4 is 11.5 Å². The fourth-order valence-electron chi connectivity index (χ4n) is 2.31. The molecule has 1 fully saturated rings. The van der Waals surface area contributed by atoms with Gasteiger partial charge in [0.1, 0.15) is 11.5 Å². The van der Waals surface area contributed by atoms with Gasteiger partial charge in [-0.05, 0) is 18.9 Å². The summed E-state index contributed by atoms with van der Waals surface area (Å²) in [5.74, 6) is 1.06. The highest BCUT2D eigenvalue weighted by atomic mass is 16.5. The van der Waals surface area contributed by atoms with Crippen molar-refractivity contribution in [2.75, 3.05) is 0 Å². The lowest BCUT2D eigenvalue weighted by Gasteiger charge is -2.21. The molecular formula is C14H13O2. The third kappa shape index (κ3) is 1.54. The molecule has 0 unspecified atom stereocenters. The average Bonchev–Trinajstić information content (AvgIpc) is 2.76. The molecular weight excluding hydrogens is 200 g/mol. The van der Waals surface area contributed by atoms with Gasteiger partial charge in [0, 0.05) is 12.0 Å². The van der Waals surface area contributed by atoms with Crippen LogP contribution in [0.3, 0.4) is 0 Å². The molecule has 1 saturated carbocycles. The van der Waals surface area contributed by atoms with Gasteiger partial charge in [-0.3, -0.25) is 4.79 Å². The Kier molecular flexibility index (Phi) is 2.28. The van der Waals surface area contributed by atoms with Gasteiger partial charge in [-0.15, -0.1) is 0 Å². The summed E-state index contributed by atoms with van der Waals surface area (Å²) < 4.78 is 5.78. The van der Waals surface area contributed by atoms with Crippen molar-refractivity contribution in [2.24, 2.45) is 5.92 Å². The Bertz CT molecular complexity index is 433. The van der Waals surface area contributed by atoms with E-state index in [1.165, 1.54) is 0 Å². The molecule has 16 heavy (non-hydrogen) atoms. The van der Waals surface area contributed by atoms with Crippen LogP contribution in [0.15, 0.2) is 36.4 Å². The SMILES string of the molecule is O=C1CCC[C]2OC(c3ccccc3)=C[C@@H]21. The van der Waals surface area contributed by atoms with Gasteiger partial charge < -0.3 is 4.74 Å². The van der Waals surface area contributed by atoms with Crippen LogP contribution in [-0.4, -0.2) is 5.78 Å². The summed E-state index contributed by atoms with van der Waals surface area (Å²) in [5, 5.41) is 0. The number of hydrogen-bond donors (Lipinski definition) is 0. The third-order valence-electron chi connectivity index (χ3n) is 3.16. The predicted molar refractivity (Wildman–Crippen MR) is 61.1 cm³/mol. The molecule has 0 aromatic heterocycles. The van der Waals surface area contributed by atoms with E-state index in [0.717, 1.165) is 30.3 Å². The van der Waals surface area contributed by atoms with E-state index in [-0.39, 0.29) is 5.92 Å².